The summed E-state index contributed by atoms with van der Waals surface area (Å²) in [6.07, 6.45) is 5.62. The molecule has 0 spiro atoms. The van der Waals surface area contributed by atoms with E-state index in [0.717, 1.165) is 25.7 Å². The van der Waals surface area contributed by atoms with Gasteiger partial charge < -0.3 is 0 Å². The maximum Gasteiger partial charge on any atom is 0.152 e. The van der Waals surface area contributed by atoms with Crippen LogP contribution in [0.15, 0.2) is 0 Å². The summed E-state index contributed by atoms with van der Waals surface area (Å²) in [6, 6.07) is 2.43. The van der Waals surface area contributed by atoms with Crippen LogP contribution in [0.2, 0.25) is 0 Å². The second-order valence-corrected chi connectivity index (χ2v) is 8.61. The molecule has 0 N–H and O–H groups in total. The molecule has 0 radical (unpaired) electrons. The molecule has 2 atom stereocenters. The molecule has 1 aliphatic carbocycles. The average molecular weight is 271 g/mol. The monoisotopic (exact) mass is 271 g/mol. The van der Waals surface area contributed by atoms with Gasteiger partial charge in [-0.25, -0.2) is 8.42 Å². The second kappa shape index (κ2) is 6.06. The van der Waals surface area contributed by atoms with E-state index in [1.54, 1.807) is 13.8 Å². The van der Waals surface area contributed by atoms with Gasteiger partial charge in [-0.1, -0.05) is 26.2 Å². The third-order valence-electron chi connectivity index (χ3n) is 4.35. The first-order valence-corrected chi connectivity index (χ1v) is 8.69. The highest BCUT2D eigenvalue weighted by atomic mass is 32.2. The van der Waals surface area contributed by atoms with Crippen LogP contribution in [0.4, 0.5) is 0 Å². The van der Waals surface area contributed by atoms with Gasteiger partial charge in [0.1, 0.15) is 0 Å². The van der Waals surface area contributed by atoms with Crippen molar-refractivity contribution >= 4 is 9.84 Å². The zero-order valence-corrected chi connectivity index (χ0v) is 12.6. The molecule has 4 heteroatoms. The van der Waals surface area contributed by atoms with E-state index >= 15 is 0 Å². The largest absolute Gasteiger partial charge is 0.229 e. The van der Waals surface area contributed by atoms with Gasteiger partial charge in [0.2, 0.25) is 0 Å². The summed E-state index contributed by atoms with van der Waals surface area (Å²) in [5.74, 6) is 0.759. The fourth-order valence-electron chi connectivity index (χ4n) is 2.79. The SMILES string of the molecule is CCC1CCCC(C#N)(CCS(=O)(=O)C(C)C)C1. The highest BCUT2D eigenvalue weighted by molar-refractivity contribution is 7.91. The van der Waals surface area contributed by atoms with Crippen LogP contribution in [0, 0.1) is 22.7 Å². The Bertz CT molecular complexity index is 408. The van der Waals surface area contributed by atoms with E-state index in [1.165, 1.54) is 6.42 Å². The van der Waals surface area contributed by atoms with E-state index < -0.39 is 9.84 Å². The molecule has 1 saturated carbocycles. The van der Waals surface area contributed by atoms with Gasteiger partial charge in [-0.2, -0.15) is 5.26 Å². The summed E-state index contributed by atoms with van der Waals surface area (Å²) in [5.41, 5.74) is -0.388. The molecule has 1 fully saturated rings. The van der Waals surface area contributed by atoms with Crippen LogP contribution in [-0.2, 0) is 9.84 Å². The predicted octanol–water partition coefficient (Wildman–Crippen LogP) is 3.31. The van der Waals surface area contributed by atoms with Crippen LogP contribution < -0.4 is 0 Å². The molecule has 18 heavy (non-hydrogen) atoms. The van der Waals surface area contributed by atoms with E-state index in [4.69, 9.17) is 0 Å². The van der Waals surface area contributed by atoms with Crippen molar-refractivity contribution in [2.75, 3.05) is 5.75 Å². The molecule has 0 aromatic heterocycles. The average Bonchev–Trinajstić information content (AvgIpc) is 2.36. The van der Waals surface area contributed by atoms with Gasteiger partial charge in [0.15, 0.2) is 9.84 Å². The number of sulfone groups is 1. The lowest BCUT2D eigenvalue weighted by atomic mass is 9.68. The predicted molar refractivity (Wildman–Crippen MR) is 73.8 cm³/mol. The molecule has 0 heterocycles. The molecule has 3 nitrogen and oxygen atoms in total. The fourth-order valence-corrected chi connectivity index (χ4v) is 3.94. The zero-order chi connectivity index (χ0) is 13.8. The maximum atomic E-state index is 11.9. The molecule has 0 saturated heterocycles. The van der Waals surface area contributed by atoms with Gasteiger partial charge in [-0.05, 0) is 39.0 Å². The smallest absolute Gasteiger partial charge is 0.152 e. The van der Waals surface area contributed by atoms with Gasteiger partial charge >= 0.3 is 0 Å². The van der Waals surface area contributed by atoms with Gasteiger partial charge in [0.25, 0.3) is 0 Å². The molecule has 2 unspecified atom stereocenters. The lowest BCUT2D eigenvalue weighted by molar-refractivity contribution is 0.190. The Morgan fingerprint density at radius 2 is 2.11 bits per heavy atom. The summed E-state index contributed by atoms with van der Waals surface area (Å²) in [5, 5.41) is 9.11. The number of rotatable bonds is 5. The van der Waals surface area contributed by atoms with Crippen LogP contribution in [0.3, 0.4) is 0 Å². The van der Waals surface area contributed by atoms with E-state index in [1.807, 2.05) is 0 Å². The quantitative estimate of drug-likeness (QED) is 0.770. The maximum absolute atomic E-state index is 11.9. The van der Waals surface area contributed by atoms with Gasteiger partial charge in [-0.3, -0.25) is 0 Å². The first-order valence-electron chi connectivity index (χ1n) is 6.98. The van der Waals surface area contributed by atoms with Crippen molar-refractivity contribution in [3.8, 4) is 6.07 Å². The molecular formula is C14H25NO2S. The van der Waals surface area contributed by atoms with E-state index in [0.29, 0.717) is 12.3 Å². The summed E-state index contributed by atoms with van der Waals surface area (Å²) in [7, 11) is -3.02. The molecule has 0 bridgehead atoms. The third-order valence-corrected chi connectivity index (χ3v) is 6.55. The molecular weight excluding hydrogens is 246 g/mol. The third kappa shape index (κ3) is 3.71. The summed E-state index contributed by atoms with van der Waals surface area (Å²) >= 11 is 0. The van der Waals surface area contributed by atoms with Crippen LogP contribution in [0.5, 0.6) is 0 Å². The van der Waals surface area contributed by atoms with E-state index in [-0.39, 0.29) is 16.4 Å². The Morgan fingerprint density at radius 1 is 1.44 bits per heavy atom. The summed E-state index contributed by atoms with van der Waals surface area (Å²) in [4.78, 5) is 0. The number of hydrogen-bond donors (Lipinski definition) is 0. The minimum atomic E-state index is -3.02. The Balaban J connectivity index is 2.70. The van der Waals surface area contributed by atoms with Crippen molar-refractivity contribution in [1.82, 2.24) is 0 Å². The minimum absolute atomic E-state index is 0.161. The highest BCUT2D eigenvalue weighted by Gasteiger charge is 2.37. The Labute approximate surface area is 111 Å². The number of nitriles is 1. The van der Waals surface area contributed by atoms with Crippen LogP contribution >= 0.6 is 0 Å². The Morgan fingerprint density at radius 3 is 2.61 bits per heavy atom. The number of hydrogen-bond acceptors (Lipinski definition) is 3. The van der Waals surface area contributed by atoms with Gasteiger partial charge in [-0.15, -0.1) is 0 Å². The first kappa shape index (κ1) is 15.5. The summed E-state index contributed by atoms with van der Waals surface area (Å²) < 4.78 is 23.7. The van der Waals surface area contributed by atoms with Crippen molar-refractivity contribution in [3.63, 3.8) is 0 Å². The van der Waals surface area contributed by atoms with Crippen molar-refractivity contribution < 1.29 is 8.42 Å². The zero-order valence-electron chi connectivity index (χ0n) is 11.8. The fraction of sp³-hybridized carbons (Fsp3) is 0.929. The molecule has 0 amide bonds. The molecule has 0 aliphatic heterocycles. The van der Waals surface area contributed by atoms with E-state index in [9.17, 15) is 13.7 Å². The van der Waals surface area contributed by atoms with Crippen LogP contribution in [-0.4, -0.2) is 19.4 Å². The number of nitrogens with zero attached hydrogens (tertiary/aromatic N) is 1. The van der Waals surface area contributed by atoms with Crippen LogP contribution in [0.25, 0.3) is 0 Å². The second-order valence-electron chi connectivity index (χ2n) is 5.93. The normalized spacial score (nSPS) is 29.2. The molecule has 1 rings (SSSR count). The molecule has 104 valence electrons. The lowest BCUT2D eigenvalue weighted by Crippen LogP contribution is -2.31. The Kier molecular flexibility index (Phi) is 5.21. The van der Waals surface area contributed by atoms with Crippen molar-refractivity contribution in [1.29, 1.82) is 5.26 Å². The lowest BCUT2D eigenvalue weighted by Gasteiger charge is -2.35. The Hall–Kier alpha value is -0.560. The molecule has 0 aromatic rings. The minimum Gasteiger partial charge on any atom is -0.229 e. The summed E-state index contributed by atoms with van der Waals surface area (Å²) in [6.45, 7) is 5.58. The first-order chi connectivity index (χ1) is 8.35. The van der Waals surface area contributed by atoms with E-state index in [2.05, 4.69) is 13.0 Å². The topological polar surface area (TPSA) is 57.9 Å². The van der Waals surface area contributed by atoms with Crippen molar-refractivity contribution in [3.05, 3.63) is 0 Å². The standard InChI is InChI=1S/C14H25NO2S/c1-4-13-6-5-7-14(10-13,11-15)8-9-18(16,17)12(2)3/h12-13H,4-10H2,1-3H3. The molecule has 0 aromatic carbocycles. The van der Waals surface area contributed by atoms with Crippen molar-refractivity contribution in [2.24, 2.45) is 11.3 Å². The van der Waals surface area contributed by atoms with Crippen LogP contribution in [0.1, 0.15) is 59.3 Å². The van der Waals surface area contributed by atoms with Crippen molar-refractivity contribution in [2.45, 2.75) is 64.5 Å². The van der Waals surface area contributed by atoms with Gasteiger partial charge in [0, 0.05) is 0 Å². The van der Waals surface area contributed by atoms with Gasteiger partial charge in [0.05, 0.1) is 22.5 Å². The highest BCUT2D eigenvalue weighted by Crippen LogP contribution is 2.43. The molecule has 1 aliphatic rings.